The fraction of sp³-hybridized carbons (Fsp3) is 0.667. The van der Waals surface area contributed by atoms with Crippen LogP contribution in [0.15, 0.2) is 30.3 Å². The summed E-state index contributed by atoms with van der Waals surface area (Å²) in [4.78, 5) is 2.43. The Morgan fingerprint density at radius 1 is 1.15 bits per heavy atom. The van der Waals surface area contributed by atoms with Gasteiger partial charge in [-0.1, -0.05) is 44.9 Å². The van der Waals surface area contributed by atoms with Gasteiger partial charge in [0.2, 0.25) is 0 Å². The highest BCUT2D eigenvalue weighted by Gasteiger charge is 2.34. The van der Waals surface area contributed by atoms with E-state index in [0.29, 0.717) is 5.41 Å². The summed E-state index contributed by atoms with van der Waals surface area (Å²) < 4.78 is 0. The molecule has 0 saturated heterocycles. The smallest absolute Gasteiger partial charge is 0.0363 e. The van der Waals surface area contributed by atoms with Gasteiger partial charge < -0.3 is 10.2 Å². The Labute approximate surface area is 124 Å². The highest BCUT2D eigenvalue weighted by molar-refractivity contribution is 5.45. The third kappa shape index (κ3) is 4.24. The first-order valence-electron chi connectivity index (χ1n) is 8.08. The lowest BCUT2D eigenvalue weighted by molar-refractivity contribution is 0.282. The molecule has 2 rings (SSSR count). The lowest BCUT2D eigenvalue weighted by Crippen LogP contribution is -2.42. The molecule has 1 aromatic carbocycles. The van der Waals surface area contributed by atoms with E-state index in [-0.39, 0.29) is 0 Å². The van der Waals surface area contributed by atoms with E-state index in [1.807, 2.05) is 0 Å². The summed E-state index contributed by atoms with van der Waals surface area (Å²) in [5.74, 6) is 0.736. The molecule has 1 N–H and O–H groups in total. The molecular weight excluding hydrogens is 244 g/mol. The first-order valence-corrected chi connectivity index (χ1v) is 8.08. The van der Waals surface area contributed by atoms with E-state index in [1.54, 1.807) is 0 Å². The maximum absolute atomic E-state index is 3.70. The number of nitrogens with one attached hydrogen (secondary N) is 1. The fourth-order valence-corrected chi connectivity index (χ4v) is 3.42. The average Bonchev–Trinajstić information content (AvgIpc) is 2.88. The second-order valence-corrected chi connectivity index (χ2v) is 6.92. The molecule has 0 heterocycles. The van der Waals surface area contributed by atoms with Gasteiger partial charge in [-0.25, -0.2) is 0 Å². The van der Waals surface area contributed by atoms with Crippen molar-refractivity contribution in [1.82, 2.24) is 5.32 Å². The number of hydrogen-bond donors (Lipinski definition) is 1. The molecule has 112 valence electrons. The highest BCUT2D eigenvalue weighted by Crippen LogP contribution is 2.38. The molecule has 2 nitrogen and oxygen atoms in total. The van der Waals surface area contributed by atoms with Gasteiger partial charge in [-0.05, 0) is 37.4 Å². The van der Waals surface area contributed by atoms with Crippen molar-refractivity contribution in [2.45, 2.75) is 39.5 Å². The summed E-state index contributed by atoms with van der Waals surface area (Å²) in [6.07, 6.45) is 5.53. The summed E-state index contributed by atoms with van der Waals surface area (Å²) in [6, 6.07) is 10.8. The molecule has 1 saturated carbocycles. The Balaban J connectivity index is 1.94. The predicted molar refractivity (Wildman–Crippen MR) is 88.3 cm³/mol. The Morgan fingerprint density at radius 3 is 2.40 bits per heavy atom. The van der Waals surface area contributed by atoms with Crippen molar-refractivity contribution >= 4 is 5.69 Å². The molecule has 0 bridgehead atoms. The lowest BCUT2D eigenvalue weighted by Gasteiger charge is -2.35. The van der Waals surface area contributed by atoms with Gasteiger partial charge in [0.15, 0.2) is 0 Å². The summed E-state index contributed by atoms with van der Waals surface area (Å²) in [5.41, 5.74) is 1.81. The predicted octanol–water partition coefficient (Wildman–Crippen LogP) is 3.93. The molecule has 0 amide bonds. The van der Waals surface area contributed by atoms with Crippen molar-refractivity contribution in [3.63, 3.8) is 0 Å². The molecule has 0 spiro atoms. The van der Waals surface area contributed by atoms with Crippen LogP contribution in [0.1, 0.15) is 39.5 Å². The molecule has 0 atom stereocenters. The first kappa shape index (κ1) is 15.4. The minimum absolute atomic E-state index is 0.472. The standard InChI is InChI=1S/C18H30N2/c1-16(2)13-19-14-18(11-7-8-12-18)15-20(3)17-9-5-4-6-10-17/h4-6,9-10,16,19H,7-8,11-15H2,1-3H3. The van der Waals surface area contributed by atoms with Gasteiger partial charge in [0.1, 0.15) is 0 Å². The van der Waals surface area contributed by atoms with Crippen molar-refractivity contribution in [2.24, 2.45) is 11.3 Å². The van der Waals surface area contributed by atoms with Gasteiger partial charge in [0.25, 0.3) is 0 Å². The molecule has 0 radical (unpaired) electrons. The van der Waals surface area contributed by atoms with Crippen molar-refractivity contribution in [3.8, 4) is 0 Å². The van der Waals surface area contributed by atoms with E-state index in [0.717, 1.165) is 12.5 Å². The lowest BCUT2D eigenvalue weighted by atomic mass is 9.85. The zero-order valence-corrected chi connectivity index (χ0v) is 13.4. The van der Waals surface area contributed by atoms with E-state index in [1.165, 1.54) is 44.5 Å². The van der Waals surface area contributed by atoms with Gasteiger partial charge in [0, 0.05) is 31.2 Å². The van der Waals surface area contributed by atoms with E-state index < -0.39 is 0 Å². The summed E-state index contributed by atoms with van der Waals surface area (Å²) in [5, 5.41) is 3.70. The second-order valence-electron chi connectivity index (χ2n) is 6.92. The number of nitrogens with zero attached hydrogens (tertiary/aromatic N) is 1. The zero-order chi connectivity index (χ0) is 14.4. The number of anilines is 1. The monoisotopic (exact) mass is 274 g/mol. The topological polar surface area (TPSA) is 15.3 Å². The third-order valence-electron chi connectivity index (χ3n) is 4.49. The van der Waals surface area contributed by atoms with Crippen LogP contribution in [0, 0.1) is 11.3 Å². The van der Waals surface area contributed by atoms with Crippen LogP contribution < -0.4 is 10.2 Å². The third-order valence-corrected chi connectivity index (χ3v) is 4.49. The van der Waals surface area contributed by atoms with Gasteiger partial charge in [-0.3, -0.25) is 0 Å². The molecule has 1 aliphatic rings. The van der Waals surface area contributed by atoms with Crippen molar-refractivity contribution in [3.05, 3.63) is 30.3 Å². The van der Waals surface area contributed by atoms with Crippen LogP contribution >= 0.6 is 0 Å². The Morgan fingerprint density at radius 2 is 1.80 bits per heavy atom. The molecule has 0 aliphatic heterocycles. The fourth-order valence-electron chi connectivity index (χ4n) is 3.42. The Hall–Kier alpha value is -1.02. The normalized spacial score (nSPS) is 17.6. The van der Waals surface area contributed by atoms with E-state index >= 15 is 0 Å². The molecule has 0 unspecified atom stereocenters. The summed E-state index contributed by atoms with van der Waals surface area (Å²) in [6.45, 7) is 8.04. The maximum Gasteiger partial charge on any atom is 0.0363 e. The zero-order valence-electron chi connectivity index (χ0n) is 13.4. The first-order chi connectivity index (χ1) is 9.61. The minimum atomic E-state index is 0.472. The van der Waals surface area contributed by atoms with Crippen molar-refractivity contribution in [2.75, 3.05) is 31.6 Å². The van der Waals surface area contributed by atoms with Gasteiger partial charge in [-0.15, -0.1) is 0 Å². The molecule has 0 aromatic heterocycles. The Bertz CT molecular complexity index is 380. The summed E-state index contributed by atoms with van der Waals surface area (Å²) >= 11 is 0. The highest BCUT2D eigenvalue weighted by atomic mass is 15.1. The molecule has 20 heavy (non-hydrogen) atoms. The molecule has 1 aliphatic carbocycles. The van der Waals surface area contributed by atoms with E-state index in [9.17, 15) is 0 Å². The van der Waals surface area contributed by atoms with E-state index in [2.05, 4.69) is 61.4 Å². The number of rotatable bonds is 7. The van der Waals surface area contributed by atoms with E-state index in [4.69, 9.17) is 0 Å². The van der Waals surface area contributed by atoms with Crippen LogP contribution in [0.2, 0.25) is 0 Å². The maximum atomic E-state index is 3.70. The Kier molecular flexibility index (Phi) is 5.47. The number of para-hydroxylation sites is 1. The number of benzene rings is 1. The van der Waals surface area contributed by atoms with Crippen LogP contribution in [-0.4, -0.2) is 26.7 Å². The van der Waals surface area contributed by atoms with Crippen molar-refractivity contribution in [1.29, 1.82) is 0 Å². The van der Waals surface area contributed by atoms with Crippen LogP contribution in [0.25, 0.3) is 0 Å². The molecule has 2 heteroatoms. The SMILES string of the molecule is CC(C)CNCC1(CN(C)c2ccccc2)CCCC1. The molecule has 1 fully saturated rings. The largest absolute Gasteiger partial charge is 0.374 e. The van der Waals surface area contributed by atoms with Gasteiger partial charge in [0.05, 0.1) is 0 Å². The quantitative estimate of drug-likeness (QED) is 0.810. The van der Waals surface area contributed by atoms with Crippen molar-refractivity contribution < 1.29 is 0 Å². The molecule has 1 aromatic rings. The number of hydrogen-bond acceptors (Lipinski definition) is 2. The van der Waals surface area contributed by atoms with Crippen LogP contribution in [-0.2, 0) is 0 Å². The second kappa shape index (κ2) is 7.12. The van der Waals surface area contributed by atoms with Gasteiger partial charge >= 0.3 is 0 Å². The minimum Gasteiger partial charge on any atom is -0.374 e. The van der Waals surface area contributed by atoms with Crippen LogP contribution in [0.5, 0.6) is 0 Å². The van der Waals surface area contributed by atoms with Gasteiger partial charge in [-0.2, -0.15) is 0 Å². The molecular formula is C18H30N2. The average molecular weight is 274 g/mol. The van der Waals surface area contributed by atoms with Crippen LogP contribution in [0.4, 0.5) is 5.69 Å². The van der Waals surface area contributed by atoms with Crippen LogP contribution in [0.3, 0.4) is 0 Å². The summed E-state index contributed by atoms with van der Waals surface area (Å²) in [7, 11) is 2.23.